The Hall–Kier alpha value is -3.35. The van der Waals surface area contributed by atoms with E-state index in [4.69, 9.17) is 19.1 Å². The number of nitrogens with zero attached hydrogens (tertiary/aromatic N) is 2. The summed E-state index contributed by atoms with van der Waals surface area (Å²) in [6.45, 7) is 3.89. The first-order chi connectivity index (χ1) is 19.7. The lowest BCUT2D eigenvalue weighted by atomic mass is 9.90. The maximum atomic E-state index is 13.8. The van der Waals surface area contributed by atoms with Gasteiger partial charge in [-0.25, -0.2) is 13.2 Å². The number of fused-ring (bicyclic) bond motifs is 1. The van der Waals surface area contributed by atoms with Gasteiger partial charge in [-0.2, -0.15) is 4.31 Å². The summed E-state index contributed by atoms with van der Waals surface area (Å²) in [4.78, 5) is 13.0. The van der Waals surface area contributed by atoms with E-state index in [-0.39, 0.29) is 43.0 Å². The minimum atomic E-state index is -3.75. The fraction of sp³-hybridized carbons (Fsp3) is 0.517. The van der Waals surface area contributed by atoms with Crippen LogP contribution in [0.15, 0.2) is 58.5 Å². The van der Waals surface area contributed by atoms with Crippen molar-refractivity contribution in [2.45, 2.75) is 69.8 Å². The molecule has 12 heteroatoms. The summed E-state index contributed by atoms with van der Waals surface area (Å²) in [6.07, 6.45) is 6.81. The second-order valence-electron chi connectivity index (χ2n) is 11.0. The zero-order chi connectivity index (χ0) is 29.4. The van der Waals surface area contributed by atoms with Gasteiger partial charge >= 0.3 is 6.09 Å². The molecule has 0 radical (unpaired) electrons. The standard InChI is InChI=1S/C29H39N3O8S/c1-20(2)17-32(41(36,37)23-12-10-22(11-13-23)16-30-35)18-26(33)25(15-21-7-4-3-5-8-21)31-29(34)40-27-19-39-28-24(27)9-6-14-38-28/h3-8,14,16,19-20,22-23,25-26,33,35H,9-13,15,17-18H2,1-2H3,(H,31,34)/b30-16+. The molecule has 11 nitrogen and oxygen atoms in total. The quantitative estimate of drug-likeness (QED) is 0.190. The van der Waals surface area contributed by atoms with Crippen LogP contribution in [0.1, 0.15) is 50.7 Å². The Labute approximate surface area is 240 Å². The van der Waals surface area contributed by atoms with Crippen molar-refractivity contribution in [3.8, 4) is 11.7 Å². The summed E-state index contributed by atoms with van der Waals surface area (Å²) in [5.41, 5.74) is 1.45. The lowest BCUT2D eigenvalue weighted by Gasteiger charge is -2.34. The van der Waals surface area contributed by atoms with Gasteiger partial charge < -0.3 is 29.5 Å². The number of aliphatic hydroxyl groups excluding tert-OH is 1. The van der Waals surface area contributed by atoms with Crippen LogP contribution in [0.2, 0.25) is 0 Å². The molecule has 0 spiro atoms. The second-order valence-corrected chi connectivity index (χ2v) is 13.2. The molecular weight excluding hydrogens is 550 g/mol. The number of allylic oxidation sites excluding steroid dienone is 1. The van der Waals surface area contributed by atoms with Gasteiger partial charge in [0.2, 0.25) is 10.0 Å². The number of furan rings is 1. The molecule has 1 aromatic heterocycles. The summed E-state index contributed by atoms with van der Waals surface area (Å²) in [7, 11) is -3.75. The second kappa shape index (κ2) is 14.0. The van der Waals surface area contributed by atoms with Crippen LogP contribution in [0.4, 0.5) is 4.79 Å². The van der Waals surface area contributed by atoms with E-state index in [2.05, 4.69) is 10.5 Å². The molecule has 1 amide bonds. The SMILES string of the molecule is CC(C)CN(CC(O)C(Cc1ccccc1)NC(=O)Oc1coc2c1CC=CO2)S(=O)(=O)C1CCC(/C=N/O)CC1. The van der Waals surface area contributed by atoms with Crippen LogP contribution in [0.3, 0.4) is 0 Å². The van der Waals surface area contributed by atoms with Crippen molar-refractivity contribution >= 4 is 22.3 Å². The fourth-order valence-electron chi connectivity index (χ4n) is 5.29. The lowest BCUT2D eigenvalue weighted by molar-refractivity contribution is 0.0986. The number of hydrogen-bond acceptors (Lipinski definition) is 9. The molecule has 2 unspecified atom stereocenters. The number of oxime groups is 1. The number of nitrogens with one attached hydrogen (secondary N) is 1. The van der Waals surface area contributed by atoms with Gasteiger partial charge in [0.1, 0.15) is 6.26 Å². The van der Waals surface area contributed by atoms with Gasteiger partial charge in [0.05, 0.1) is 29.2 Å². The molecular formula is C29H39N3O8S. The van der Waals surface area contributed by atoms with Crippen LogP contribution in [0.5, 0.6) is 11.7 Å². The predicted octanol–water partition coefficient (Wildman–Crippen LogP) is 4.10. The largest absolute Gasteiger partial charge is 0.434 e. The normalized spacial score (nSPS) is 20.5. The highest BCUT2D eigenvalue weighted by Crippen LogP contribution is 2.34. The van der Waals surface area contributed by atoms with Gasteiger partial charge in [-0.1, -0.05) is 44.2 Å². The van der Waals surface area contributed by atoms with E-state index in [1.807, 2.05) is 44.2 Å². The molecule has 2 aliphatic rings. The first-order valence-corrected chi connectivity index (χ1v) is 15.5. The molecule has 0 saturated heterocycles. The first kappa shape index (κ1) is 30.6. The molecule has 3 N–H and O–H groups in total. The maximum absolute atomic E-state index is 13.8. The van der Waals surface area contributed by atoms with Crippen molar-refractivity contribution < 1.29 is 37.4 Å². The summed E-state index contributed by atoms with van der Waals surface area (Å²) in [5.74, 6) is 0.525. The van der Waals surface area contributed by atoms with Crippen LogP contribution in [0, 0.1) is 11.8 Å². The van der Waals surface area contributed by atoms with E-state index in [1.165, 1.54) is 23.0 Å². The topological polar surface area (TPSA) is 151 Å². The summed E-state index contributed by atoms with van der Waals surface area (Å²) < 4.78 is 45.0. The van der Waals surface area contributed by atoms with Crippen molar-refractivity contribution in [1.29, 1.82) is 0 Å². The highest BCUT2D eigenvalue weighted by Gasteiger charge is 2.37. The van der Waals surface area contributed by atoms with Crippen LogP contribution in [-0.4, -0.2) is 65.8 Å². The van der Waals surface area contributed by atoms with Gasteiger partial charge in [0.15, 0.2) is 5.75 Å². The monoisotopic (exact) mass is 589 g/mol. The summed E-state index contributed by atoms with van der Waals surface area (Å²) in [6, 6.07) is 8.49. The van der Waals surface area contributed by atoms with Crippen LogP contribution in [-0.2, 0) is 22.9 Å². The Kier molecular flexibility index (Phi) is 10.5. The number of ether oxygens (including phenoxy) is 2. The number of rotatable bonds is 12. The van der Waals surface area contributed by atoms with Gasteiger partial charge in [-0.15, -0.1) is 5.16 Å². The molecule has 224 valence electrons. The van der Waals surface area contributed by atoms with Crippen molar-refractivity contribution in [3.63, 3.8) is 0 Å². The van der Waals surface area contributed by atoms with Gasteiger partial charge in [-0.05, 0) is 55.6 Å². The Morgan fingerprint density at radius 2 is 1.93 bits per heavy atom. The third-order valence-electron chi connectivity index (χ3n) is 7.42. The number of benzene rings is 1. The summed E-state index contributed by atoms with van der Waals surface area (Å²) in [5, 5.41) is 25.5. The number of carbonyl (C=O) groups excluding carboxylic acids is 1. The molecule has 2 heterocycles. The molecule has 2 atom stereocenters. The average molecular weight is 590 g/mol. The molecule has 1 aliphatic carbocycles. The number of amides is 1. The van der Waals surface area contributed by atoms with E-state index in [1.54, 1.807) is 6.08 Å². The highest BCUT2D eigenvalue weighted by molar-refractivity contribution is 7.89. The third-order valence-corrected chi connectivity index (χ3v) is 9.75. The fourth-order valence-corrected chi connectivity index (χ4v) is 7.45. The van der Waals surface area contributed by atoms with Crippen LogP contribution >= 0.6 is 0 Å². The summed E-state index contributed by atoms with van der Waals surface area (Å²) >= 11 is 0. The van der Waals surface area contributed by atoms with E-state index in [0.29, 0.717) is 37.7 Å². The zero-order valence-corrected chi connectivity index (χ0v) is 24.2. The predicted molar refractivity (Wildman–Crippen MR) is 153 cm³/mol. The van der Waals surface area contributed by atoms with Crippen LogP contribution in [0.25, 0.3) is 0 Å². The Morgan fingerprint density at radius 3 is 2.61 bits per heavy atom. The number of hydrogen-bond donors (Lipinski definition) is 3. The molecule has 0 bridgehead atoms. The third kappa shape index (κ3) is 8.11. The Morgan fingerprint density at radius 1 is 1.20 bits per heavy atom. The van der Waals surface area contributed by atoms with Gasteiger partial charge in [0.25, 0.3) is 5.95 Å². The van der Waals surface area contributed by atoms with Gasteiger partial charge in [0, 0.05) is 25.7 Å². The highest BCUT2D eigenvalue weighted by atomic mass is 32.2. The molecule has 2 aromatic rings. The molecule has 41 heavy (non-hydrogen) atoms. The Balaban J connectivity index is 1.49. The Bertz CT molecular complexity index is 1300. The molecule has 1 saturated carbocycles. The molecule has 1 aromatic carbocycles. The van der Waals surface area contributed by atoms with Crippen molar-refractivity contribution in [3.05, 3.63) is 60.1 Å². The molecule has 4 rings (SSSR count). The first-order valence-electron chi connectivity index (χ1n) is 14.0. The lowest BCUT2D eigenvalue weighted by Crippen LogP contribution is -2.53. The van der Waals surface area contributed by atoms with E-state index < -0.39 is 33.5 Å². The minimum Gasteiger partial charge on any atom is -0.434 e. The number of aliphatic hydroxyl groups is 1. The molecule has 1 fully saturated rings. The average Bonchev–Trinajstić information content (AvgIpc) is 3.35. The number of sulfonamides is 1. The molecule has 1 aliphatic heterocycles. The van der Waals surface area contributed by atoms with Crippen LogP contribution < -0.4 is 14.8 Å². The van der Waals surface area contributed by atoms with E-state index in [9.17, 15) is 18.3 Å². The zero-order valence-electron chi connectivity index (χ0n) is 23.4. The smallest absolute Gasteiger partial charge is 0.413 e. The minimum absolute atomic E-state index is 0.0175. The van der Waals surface area contributed by atoms with Crippen molar-refractivity contribution in [1.82, 2.24) is 9.62 Å². The van der Waals surface area contributed by atoms with Crippen molar-refractivity contribution in [2.24, 2.45) is 17.0 Å². The number of carbonyl (C=O) groups is 1. The van der Waals surface area contributed by atoms with E-state index in [0.717, 1.165) is 5.56 Å². The maximum Gasteiger partial charge on any atom is 0.413 e. The van der Waals surface area contributed by atoms with E-state index >= 15 is 0 Å². The van der Waals surface area contributed by atoms with Gasteiger partial charge in [-0.3, -0.25) is 0 Å². The van der Waals surface area contributed by atoms with Crippen molar-refractivity contribution in [2.75, 3.05) is 13.1 Å².